The second-order valence-electron chi connectivity index (χ2n) is 13.9. The quantitative estimate of drug-likeness (QED) is 0.158. The fourth-order valence-corrected chi connectivity index (χ4v) is 8.04. The zero-order chi connectivity index (χ0) is 39.1. The minimum Gasteiger partial charge on any atom is -0.508 e. The van der Waals surface area contributed by atoms with Gasteiger partial charge in [-0.1, -0.05) is 12.1 Å². The van der Waals surface area contributed by atoms with Gasteiger partial charge in [-0.25, -0.2) is 0 Å². The SMILES string of the molecule is CC(=O)O[C@@H]1[C@@H](O)[C@H](C)O[C@@H](Oc2cc(O)c3c(c2)[C@@H]([C@H]2c4cc(C)cc(O)c4C(=O)c4c(O)cc(O)cc42)c2cc(C)cc(O)c2C3=O)[C@@H]1OC(C)=O. The van der Waals surface area contributed by atoms with E-state index >= 15 is 0 Å². The summed E-state index contributed by atoms with van der Waals surface area (Å²) in [6, 6.07) is 10.9. The van der Waals surface area contributed by atoms with E-state index in [4.69, 9.17) is 18.9 Å². The van der Waals surface area contributed by atoms with Crippen molar-refractivity contribution in [2.75, 3.05) is 0 Å². The molecular weight excluding hydrogens is 704 g/mol. The predicted molar refractivity (Wildman–Crippen MR) is 186 cm³/mol. The lowest BCUT2D eigenvalue weighted by molar-refractivity contribution is -0.277. The third-order valence-electron chi connectivity index (χ3n) is 10.0. The number of aryl methyl sites for hydroxylation is 2. The Bertz CT molecular complexity index is 2230. The molecule has 3 aliphatic rings. The van der Waals surface area contributed by atoms with Crippen LogP contribution >= 0.6 is 0 Å². The Morgan fingerprint density at radius 1 is 0.611 bits per heavy atom. The average Bonchev–Trinajstić information content (AvgIpc) is 3.04. The van der Waals surface area contributed by atoms with Gasteiger partial charge in [0.25, 0.3) is 0 Å². The largest absolute Gasteiger partial charge is 0.508 e. The number of fused-ring (bicyclic) bond motifs is 4. The Morgan fingerprint density at radius 2 is 1.04 bits per heavy atom. The summed E-state index contributed by atoms with van der Waals surface area (Å²) >= 11 is 0. The first-order valence-corrected chi connectivity index (χ1v) is 17.0. The molecule has 0 amide bonds. The molecule has 1 saturated heterocycles. The van der Waals surface area contributed by atoms with Crippen molar-refractivity contribution in [3.63, 3.8) is 0 Å². The van der Waals surface area contributed by atoms with Crippen LogP contribution < -0.4 is 4.74 Å². The number of carbonyl (C=O) groups excluding carboxylic acids is 4. The number of carbonyl (C=O) groups is 4. The number of hydrogen-bond acceptors (Lipinski definition) is 14. The maximum Gasteiger partial charge on any atom is 0.303 e. The highest BCUT2D eigenvalue weighted by atomic mass is 16.7. The van der Waals surface area contributed by atoms with Crippen LogP contribution in [0.25, 0.3) is 0 Å². The van der Waals surface area contributed by atoms with Gasteiger partial charge in [0.05, 0.1) is 28.4 Å². The number of ketones is 2. The summed E-state index contributed by atoms with van der Waals surface area (Å²) < 4.78 is 22.8. The number of phenols is 5. The number of aliphatic hydroxyl groups excluding tert-OH is 1. The van der Waals surface area contributed by atoms with E-state index in [9.17, 15) is 49.8 Å². The maximum atomic E-state index is 14.3. The van der Waals surface area contributed by atoms with E-state index in [1.165, 1.54) is 31.2 Å². The van der Waals surface area contributed by atoms with Gasteiger partial charge in [-0.3, -0.25) is 19.2 Å². The molecule has 280 valence electrons. The highest BCUT2D eigenvalue weighted by Crippen LogP contribution is 2.57. The molecule has 6 N–H and O–H groups in total. The average molecular weight is 741 g/mol. The summed E-state index contributed by atoms with van der Waals surface area (Å²) in [6.07, 6.45) is -6.86. The van der Waals surface area contributed by atoms with Crippen molar-refractivity contribution in [2.45, 2.75) is 77.2 Å². The molecular formula is C40H36O14. The highest BCUT2D eigenvalue weighted by molar-refractivity contribution is 6.18. The van der Waals surface area contributed by atoms with Crippen LogP contribution in [0.4, 0.5) is 0 Å². The zero-order valence-corrected chi connectivity index (χ0v) is 29.6. The van der Waals surface area contributed by atoms with E-state index in [2.05, 4.69) is 0 Å². The van der Waals surface area contributed by atoms with E-state index < -0.39 is 77.5 Å². The molecule has 4 aromatic rings. The number of aliphatic hydroxyl groups is 1. The van der Waals surface area contributed by atoms with Gasteiger partial charge in [0, 0.05) is 37.8 Å². The summed E-state index contributed by atoms with van der Waals surface area (Å²) in [4.78, 5) is 52.4. The number of rotatable bonds is 5. The Kier molecular flexibility index (Phi) is 8.78. The lowest BCUT2D eigenvalue weighted by atomic mass is 9.63. The van der Waals surface area contributed by atoms with Gasteiger partial charge in [-0.15, -0.1) is 0 Å². The van der Waals surface area contributed by atoms with Crippen molar-refractivity contribution in [1.29, 1.82) is 0 Å². The Labute approximate surface area is 307 Å². The molecule has 1 fully saturated rings. The van der Waals surface area contributed by atoms with Crippen molar-refractivity contribution >= 4 is 23.5 Å². The summed E-state index contributed by atoms with van der Waals surface area (Å²) in [7, 11) is 0. The van der Waals surface area contributed by atoms with Gasteiger partial charge < -0.3 is 49.6 Å². The predicted octanol–water partition coefficient (Wildman–Crippen LogP) is 4.23. The summed E-state index contributed by atoms with van der Waals surface area (Å²) in [6.45, 7) is 7.08. The third kappa shape index (κ3) is 5.83. The molecule has 14 nitrogen and oxygen atoms in total. The number of phenolic OH excluding ortho intramolecular Hbond substituents is 5. The Hall–Kier alpha value is -6.12. The van der Waals surface area contributed by atoms with E-state index in [-0.39, 0.29) is 67.5 Å². The highest BCUT2D eigenvalue weighted by Gasteiger charge is 2.50. The summed E-state index contributed by atoms with van der Waals surface area (Å²) in [5.41, 5.74) is 1.19. The van der Waals surface area contributed by atoms with Gasteiger partial charge >= 0.3 is 11.9 Å². The van der Waals surface area contributed by atoms with Crippen LogP contribution in [0.5, 0.6) is 34.5 Å². The molecule has 4 aromatic carbocycles. The fourth-order valence-electron chi connectivity index (χ4n) is 8.04. The first-order valence-electron chi connectivity index (χ1n) is 17.0. The van der Waals surface area contributed by atoms with Gasteiger partial charge in [-0.05, 0) is 78.4 Å². The normalized spacial score (nSPS) is 24.1. The van der Waals surface area contributed by atoms with E-state index in [0.717, 1.165) is 26.0 Å². The lowest BCUT2D eigenvalue weighted by Crippen LogP contribution is -2.60. The van der Waals surface area contributed by atoms with Crippen molar-refractivity contribution < 1.29 is 68.8 Å². The smallest absolute Gasteiger partial charge is 0.303 e. The van der Waals surface area contributed by atoms with Crippen molar-refractivity contribution in [1.82, 2.24) is 0 Å². The van der Waals surface area contributed by atoms with Crippen molar-refractivity contribution in [3.05, 3.63) is 104 Å². The number of ether oxygens (including phenoxy) is 4. The van der Waals surface area contributed by atoms with Crippen LogP contribution in [0.1, 0.15) is 97.8 Å². The van der Waals surface area contributed by atoms with E-state index in [1.807, 2.05) is 0 Å². The number of hydrogen-bond donors (Lipinski definition) is 6. The molecule has 0 saturated carbocycles. The molecule has 7 rings (SSSR count). The van der Waals surface area contributed by atoms with Gasteiger partial charge in [0.2, 0.25) is 24.0 Å². The van der Waals surface area contributed by atoms with Crippen molar-refractivity contribution in [3.8, 4) is 34.5 Å². The van der Waals surface area contributed by atoms with E-state index in [0.29, 0.717) is 11.1 Å². The standard InChI is InChI=1S/C40H36O14/c1-14-6-21-29(23-10-19(43)11-27(46)33(23)36(49)31(21)25(44)8-14)30-22-7-15(2)9-26(45)32(22)37(50)34-24(30)12-20(13-28(34)47)54-40-39(53-18(5)42)38(52-17(4)41)35(48)16(3)51-40/h6-13,16,29-30,35,38-40,43-48H,1-5H3/t16-,29-,30-,35-,38+,39+,40-/m0/s1. The minimum absolute atomic E-state index is 0.122. The molecule has 1 aliphatic heterocycles. The third-order valence-corrected chi connectivity index (χ3v) is 10.0. The van der Waals surface area contributed by atoms with Crippen LogP contribution in [0.15, 0.2) is 48.5 Å². The number of benzene rings is 4. The molecule has 2 aliphatic carbocycles. The van der Waals surface area contributed by atoms with Crippen LogP contribution in [0.2, 0.25) is 0 Å². The van der Waals surface area contributed by atoms with Crippen LogP contribution in [-0.2, 0) is 23.8 Å². The topological polar surface area (TPSA) is 227 Å². The monoisotopic (exact) mass is 740 g/mol. The number of esters is 2. The fraction of sp³-hybridized carbons (Fsp3) is 0.300. The first-order chi connectivity index (χ1) is 25.5. The molecule has 14 heteroatoms. The summed E-state index contributed by atoms with van der Waals surface area (Å²) in [5.74, 6) is -7.59. The second kappa shape index (κ2) is 13.1. The van der Waals surface area contributed by atoms with Gasteiger partial charge in [0.15, 0.2) is 6.10 Å². The Morgan fingerprint density at radius 3 is 1.54 bits per heavy atom. The second-order valence-corrected chi connectivity index (χ2v) is 13.9. The summed E-state index contributed by atoms with van der Waals surface area (Å²) in [5, 5.41) is 66.7. The molecule has 0 unspecified atom stereocenters. The van der Waals surface area contributed by atoms with Crippen molar-refractivity contribution in [2.24, 2.45) is 0 Å². The first kappa shape index (κ1) is 36.2. The molecule has 0 aromatic heterocycles. The molecule has 0 spiro atoms. The lowest BCUT2D eigenvalue weighted by Gasteiger charge is -2.42. The van der Waals surface area contributed by atoms with Gasteiger partial charge in [0.1, 0.15) is 40.6 Å². The van der Waals surface area contributed by atoms with E-state index in [1.54, 1.807) is 26.0 Å². The maximum absolute atomic E-state index is 14.3. The molecule has 1 heterocycles. The van der Waals surface area contributed by atoms with Crippen LogP contribution in [-0.4, -0.2) is 84.9 Å². The molecule has 0 bridgehead atoms. The Balaban J connectivity index is 1.48. The molecule has 7 atom stereocenters. The molecule has 54 heavy (non-hydrogen) atoms. The van der Waals surface area contributed by atoms with Crippen LogP contribution in [0, 0.1) is 13.8 Å². The number of aromatic hydroxyl groups is 5. The minimum atomic E-state index is -1.52. The zero-order valence-electron chi connectivity index (χ0n) is 29.6. The van der Waals surface area contributed by atoms with Gasteiger partial charge in [-0.2, -0.15) is 0 Å². The van der Waals surface area contributed by atoms with Crippen LogP contribution in [0.3, 0.4) is 0 Å². The molecule has 0 radical (unpaired) electrons.